The van der Waals surface area contributed by atoms with E-state index in [1.807, 2.05) is 12.1 Å². The molecule has 0 N–H and O–H groups in total. The highest BCUT2D eigenvalue weighted by molar-refractivity contribution is 9.11. The summed E-state index contributed by atoms with van der Waals surface area (Å²) in [7, 11) is 0. The van der Waals surface area contributed by atoms with Crippen LogP contribution in [0.3, 0.4) is 0 Å². The first-order chi connectivity index (χ1) is 10.3. The van der Waals surface area contributed by atoms with Crippen molar-refractivity contribution in [3.63, 3.8) is 0 Å². The molecule has 0 aromatic carbocycles. The van der Waals surface area contributed by atoms with Gasteiger partial charge in [0.15, 0.2) is 0 Å². The Balaban J connectivity index is 1.38. The Labute approximate surface area is 136 Å². The summed E-state index contributed by atoms with van der Waals surface area (Å²) in [6.45, 7) is 3.17. The van der Waals surface area contributed by atoms with Crippen LogP contribution in [0.5, 0.6) is 0 Å². The van der Waals surface area contributed by atoms with E-state index in [1.54, 1.807) is 11.3 Å². The third-order valence-corrected chi connectivity index (χ3v) is 6.35. The standard InChI is InChI=1S/C15H18BrN3OS/c16-13-5-4-12(21-13)15-18-17-14(20-15)9-19-7-6-11(8-19)10-2-1-3-10/h4-5,10-11H,1-3,6-9H2. The summed E-state index contributed by atoms with van der Waals surface area (Å²) in [6, 6.07) is 4.02. The molecule has 1 unspecified atom stereocenters. The van der Waals surface area contributed by atoms with Gasteiger partial charge >= 0.3 is 0 Å². The fraction of sp³-hybridized carbons (Fsp3) is 0.600. The summed E-state index contributed by atoms with van der Waals surface area (Å²) >= 11 is 5.08. The lowest BCUT2D eigenvalue weighted by Gasteiger charge is -2.31. The molecule has 21 heavy (non-hydrogen) atoms. The van der Waals surface area contributed by atoms with Gasteiger partial charge in [-0.25, -0.2) is 0 Å². The largest absolute Gasteiger partial charge is 0.419 e. The number of halogens is 1. The minimum atomic E-state index is 0.635. The highest BCUT2D eigenvalue weighted by Gasteiger charge is 2.33. The summed E-state index contributed by atoms with van der Waals surface area (Å²) in [5.74, 6) is 3.25. The zero-order chi connectivity index (χ0) is 14.2. The Hall–Kier alpha value is -0.720. The van der Waals surface area contributed by atoms with Crippen LogP contribution in [0.1, 0.15) is 31.6 Å². The second kappa shape index (κ2) is 5.82. The molecule has 6 heteroatoms. The quantitative estimate of drug-likeness (QED) is 0.812. The van der Waals surface area contributed by atoms with Crippen molar-refractivity contribution in [1.29, 1.82) is 0 Å². The van der Waals surface area contributed by atoms with Crippen molar-refractivity contribution >= 4 is 27.3 Å². The average molecular weight is 368 g/mol. The SMILES string of the molecule is Brc1ccc(-c2nnc(CN3CCC(C4CCC4)C3)o2)s1. The van der Waals surface area contributed by atoms with E-state index in [2.05, 4.69) is 31.0 Å². The van der Waals surface area contributed by atoms with E-state index in [0.717, 1.165) is 32.9 Å². The molecule has 1 aliphatic heterocycles. The van der Waals surface area contributed by atoms with Gasteiger partial charge < -0.3 is 4.42 Å². The van der Waals surface area contributed by atoms with Gasteiger partial charge in [0.1, 0.15) is 0 Å². The highest BCUT2D eigenvalue weighted by atomic mass is 79.9. The van der Waals surface area contributed by atoms with Crippen LogP contribution in [0.15, 0.2) is 20.3 Å². The fourth-order valence-corrected chi connectivity index (χ4v) is 4.65. The maximum atomic E-state index is 5.81. The van der Waals surface area contributed by atoms with Crippen LogP contribution in [-0.2, 0) is 6.54 Å². The summed E-state index contributed by atoms with van der Waals surface area (Å²) in [5.41, 5.74) is 0. The molecule has 2 fully saturated rings. The summed E-state index contributed by atoms with van der Waals surface area (Å²) < 4.78 is 6.89. The topological polar surface area (TPSA) is 42.2 Å². The van der Waals surface area contributed by atoms with Gasteiger partial charge in [-0.3, -0.25) is 4.90 Å². The van der Waals surface area contributed by atoms with Crippen LogP contribution < -0.4 is 0 Å². The van der Waals surface area contributed by atoms with Crippen molar-refractivity contribution in [2.75, 3.05) is 13.1 Å². The average Bonchev–Trinajstić information content (AvgIpc) is 3.09. The van der Waals surface area contributed by atoms with Crippen molar-refractivity contribution < 1.29 is 4.42 Å². The molecule has 0 spiro atoms. The lowest BCUT2D eigenvalue weighted by molar-refractivity contribution is 0.195. The van der Waals surface area contributed by atoms with E-state index in [-0.39, 0.29) is 0 Å². The maximum Gasteiger partial charge on any atom is 0.257 e. The smallest absolute Gasteiger partial charge is 0.257 e. The zero-order valence-corrected chi connectivity index (χ0v) is 14.2. The lowest BCUT2D eigenvalue weighted by Crippen LogP contribution is -2.26. The van der Waals surface area contributed by atoms with E-state index in [4.69, 9.17) is 4.42 Å². The highest BCUT2D eigenvalue weighted by Crippen LogP contribution is 2.38. The molecule has 3 heterocycles. The van der Waals surface area contributed by atoms with E-state index in [1.165, 1.54) is 38.8 Å². The molecule has 1 atom stereocenters. The lowest BCUT2D eigenvalue weighted by atomic mass is 9.75. The first-order valence-corrected chi connectivity index (χ1v) is 9.19. The Kier molecular flexibility index (Phi) is 3.85. The summed E-state index contributed by atoms with van der Waals surface area (Å²) in [5, 5.41) is 8.37. The third-order valence-electron chi connectivity index (χ3n) is 4.74. The molecular weight excluding hydrogens is 350 g/mol. The van der Waals surface area contributed by atoms with Crippen molar-refractivity contribution in [1.82, 2.24) is 15.1 Å². The zero-order valence-electron chi connectivity index (χ0n) is 11.8. The molecule has 0 radical (unpaired) electrons. The molecule has 4 rings (SSSR count). The van der Waals surface area contributed by atoms with Gasteiger partial charge in [0.25, 0.3) is 5.89 Å². The number of hydrogen-bond donors (Lipinski definition) is 0. The molecule has 112 valence electrons. The first kappa shape index (κ1) is 13.9. The molecule has 1 aliphatic carbocycles. The predicted molar refractivity (Wildman–Crippen MR) is 86.0 cm³/mol. The predicted octanol–water partition coefficient (Wildman–Crippen LogP) is 4.18. The number of hydrogen-bond acceptors (Lipinski definition) is 5. The van der Waals surface area contributed by atoms with Crippen molar-refractivity contribution in [3.8, 4) is 10.8 Å². The van der Waals surface area contributed by atoms with Crippen molar-refractivity contribution in [2.24, 2.45) is 11.8 Å². The van der Waals surface area contributed by atoms with Crippen LogP contribution in [-0.4, -0.2) is 28.2 Å². The second-order valence-electron chi connectivity index (χ2n) is 6.08. The van der Waals surface area contributed by atoms with Gasteiger partial charge in [0.2, 0.25) is 5.89 Å². The van der Waals surface area contributed by atoms with Crippen molar-refractivity contribution in [2.45, 2.75) is 32.2 Å². The Morgan fingerprint density at radius 3 is 2.86 bits per heavy atom. The Morgan fingerprint density at radius 1 is 1.24 bits per heavy atom. The monoisotopic (exact) mass is 367 g/mol. The van der Waals surface area contributed by atoms with Crippen LogP contribution in [0.4, 0.5) is 0 Å². The van der Waals surface area contributed by atoms with E-state index in [0.29, 0.717) is 5.89 Å². The molecule has 1 saturated carbocycles. The van der Waals surface area contributed by atoms with Gasteiger partial charge in [0, 0.05) is 6.54 Å². The van der Waals surface area contributed by atoms with Gasteiger partial charge in [-0.2, -0.15) is 0 Å². The number of rotatable bonds is 4. The molecule has 2 aromatic heterocycles. The van der Waals surface area contributed by atoms with Crippen LogP contribution in [0, 0.1) is 11.8 Å². The normalized spacial score (nSPS) is 23.6. The van der Waals surface area contributed by atoms with E-state index >= 15 is 0 Å². The summed E-state index contributed by atoms with van der Waals surface area (Å²) in [6.07, 6.45) is 5.65. The molecule has 1 saturated heterocycles. The fourth-order valence-electron chi connectivity index (χ4n) is 3.34. The Morgan fingerprint density at radius 2 is 2.14 bits per heavy atom. The number of thiophene rings is 1. The Bertz CT molecular complexity index is 622. The maximum absolute atomic E-state index is 5.81. The van der Waals surface area contributed by atoms with Gasteiger partial charge in [0.05, 0.1) is 15.2 Å². The first-order valence-electron chi connectivity index (χ1n) is 7.58. The van der Waals surface area contributed by atoms with Gasteiger partial charge in [-0.05, 0) is 52.9 Å². The van der Waals surface area contributed by atoms with Gasteiger partial charge in [-0.1, -0.05) is 19.3 Å². The minimum absolute atomic E-state index is 0.635. The molecule has 2 aromatic rings. The molecule has 4 nitrogen and oxygen atoms in total. The second-order valence-corrected chi connectivity index (χ2v) is 8.54. The van der Waals surface area contributed by atoms with E-state index < -0.39 is 0 Å². The molecular formula is C15H18BrN3OS. The van der Waals surface area contributed by atoms with Gasteiger partial charge in [-0.15, -0.1) is 21.5 Å². The number of nitrogens with zero attached hydrogens (tertiary/aromatic N) is 3. The molecule has 0 amide bonds. The minimum Gasteiger partial charge on any atom is -0.419 e. The third kappa shape index (κ3) is 2.94. The van der Waals surface area contributed by atoms with Crippen molar-refractivity contribution in [3.05, 3.63) is 21.8 Å². The molecule has 0 bridgehead atoms. The van der Waals surface area contributed by atoms with Crippen LogP contribution >= 0.6 is 27.3 Å². The number of aromatic nitrogens is 2. The molecule has 2 aliphatic rings. The number of likely N-dealkylation sites (tertiary alicyclic amines) is 1. The summed E-state index contributed by atoms with van der Waals surface area (Å²) in [4.78, 5) is 3.49. The van der Waals surface area contributed by atoms with Crippen LogP contribution in [0.2, 0.25) is 0 Å². The van der Waals surface area contributed by atoms with E-state index in [9.17, 15) is 0 Å². The van der Waals surface area contributed by atoms with Crippen LogP contribution in [0.25, 0.3) is 10.8 Å².